The van der Waals surface area contributed by atoms with Crippen molar-refractivity contribution in [2.24, 2.45) is 5.73 Å². The Bertz CT molecular complexity index is 448. The van der Waals surface area contributed by atoms with Crippen LogP contribution in [0.1, 0.15) is 29.5 Å². The molecule has 0 unspecified atom stereocenters. The van der Waals surface area contributed by atoms with Crippen molar-refractivity contribution in [2.45, 2.75) is 32.1 Å². The minimum atomic E-state index is 0.0790. The molecule has 1 saturated heterocycles. The minimum absolute atomic E-state index is 0.0790. The number of methoxy groups -OCH3 is 1. The molecule has 0 radical (unpaired) electrons. The highest BCUT2D eigenvalue weighted by Gasteiger charge is 2.37. The molecule has 106 valence electrons. The summed E-state index contributed by atoms with van der Waals surface area (Å²) in [7, 11) is 3.94. The van der Waals surface area contributed by atoms with Crippen LogP contribution in [0.2, 0.25) is 0 Å². The highest BCUT2D eigenvalue weighted by molar-refractivity contribution is 5.48. The zero-order valence-corrected chi connectivity index (χ0v) is 12.6. The van der Waals surface area contributed by atoms with E-state index in [4.69, 9.17) is 10.5 Å². The fraction of sp³-hybridized carbons (Fsp3) is 0.625. The lowest BCUT2D eigenvalue weighted by atomic mass is 9.70. The molecule has 1 fully saturated rings. The van der Waals surface area contributed by atoms with Gasteiger partial charge in [-0.25, -0.2) is 0 Å². The van der Waals surface area contributed by atoms with E-state index in [0.717, 1.165) is 31.7 Å². The molecular weight excluding hydrogens is 236 g/mol. The second kappa shape index (κ2) is 5.51. The van der Waals surface area contributed by atoms with Crippen molar-refractivity contribution in [1.29, 1.82) is 0 Å². The van der Waals surface area contributed by atoms with Crippen molar-refractivity contribution in [1.82, 2.24) is 4.90 Å². The number of nitrogens with two attached hydrogens (primary N) is 1. The summed E-state index contributed by atoms with van der Waals surface area (Å²) >= 11 is 0. The van der Waals surface area contributed by atoms with E-state index in [9.17, 15) is 0 Å². The minimum Gasteiger partial charge on any atom is -0.496 e. The molecule has 0 spiro atoms. The van der Waals surface area contributed by atoms with Gasteiger partial charge in [0.1, 0.15) is 5.75 Å². The van der Waals surface area contributed by atoms with Gasteiger partial charge in [0.2, 0.25) is 0 Å². The first-order valence-corrected chi connectivity index (χ1v) is 7.07. The van der Waals surface area contributed by atoms with E-state index < -0.39 is 0 Å². The van der Waals surface area contributed by atoms with Crippen molar-refractivity contribution in [2.75, 3.05) is 33.8 Å². The number of ether oxygens (including phenoxy) is 1. The Morgan fingerprint density at radius 3 is 2.42 bits per heavy atom. The number of nitrogens with zero attached hydrogens (tertiary/aromatic N) is 1. The highest BCUT2D eigenvalue weighted by Crippen LogP contribution is 2.41. The molecule has 0 aromatic heterocycles. The van der Waals surface area contributed by atoms with Gasteiger partial charge in [-0.3, -0.25) is 0 Å². The van der Waals surface area contributed by atoms with Gasteiger partial charge in [0, 0.05) is 17.5 Å². The molecule has 0 bridgehead atoms. The van der Waals surface area contributed by atoms with Crippen LogP contribution in [0, 0.1) is 13.8 Å². The van der Waals surface area contributed by atoms with E-state index in [-0.39, 0.29) is 5.41 Å². The van der Waals surface area contributed by atoms with Crippen molar-refractivity contribution < 1.29 is 4.74 Å². The summed E-state index contributed by atoms with van der Waals surface area (Å²) in [5.41, 5.74) is 10.1. The lowest BCUT2D eigenvalue weighted by molar-refractivity contribution is 0.188. The quantitative estimate of drug-likeness (QED) is 0.908. The Balaban J connectivity index is 2.49. The van der Waals surface area contributed by atoms with Crippen LogP contribution in [-0.2, 0) is 5.41 Å². The van der Waals surface area contributed by atoms with Gasteiger partial charge in [0.25, 0.3) is 0 Å². The number of aryl methyl sites for hydroxylation is 2. The van der Waals surface area contributed by atoms with Gasteiger partial charge in [0.15, 0.2) is 0 Å². The standard InChI is InChI=1S/C16H26N2O/c1-12-9-13(2)15(14(10-12)19-4)16(11-17)5-7-18(3)8-6-16/h9-10H,5-8,11,17H2,1-4H3. The van der Waals surface area contributed by atoms with Gasteiger partial charge in [0.05, 0.1) is 7.11 Å². The molecule has 1 aliphatic heterocycles. The van der Waals surface area contributed by atoms with Crippen LogP contribution in [0.5, 0.6) is 5.75 Å². The van der Waals surface area contributed by atoms with E-state index >= 15 is 0 Å². The third kappa shape index (κ3) is 2.63. The van der Waals surface area contributed by atoms with Crippen LogP contribution < -0.4 is 10.5 Å². The predicted octanol–water partition coefficient (Wildman–Crippen LogP) is 2.23. The van der Waals surface area contributed by atoms with E-state index in [2.05, 4.69) is 37.9 Å². The summed E-state index contributed by atoms with van der Waals surface area (Å²) < 4.78 is 5.64. The van der Waals surface area contributed by atoms with E-state index in [1.807, 2.05) is 0 Å². The van der Waals surface area contributed by atoms with E-state index in [1.165, 1.54) is 16.7 Å². The monoisotopic (exact) mass is 262 g/mol. The molecule has 0 atom stereocenters. The number of hydrogen-bond donors (Lipinski definition) is 1. The van der Waals surface area contributed by atoms with Crippen LogP contribution in [0.3, 0.4) is 0 Å². The number of likely N-dealkylation sites (tertiary alicyclic amines) is 1. The Morgan fingerprint density at radius 1 is 1.26 bits per heavy atom. The summed E-state index contributed by atoms with van der Waals surface area (Å²) in [4.78, 5) is 2.38. The molecule has 19 heavy (non-hydrogen) atoms. The summed E-state index contributed by atoms with van der Waals surface area (Å²) in [5, 5.41) is 0. The fourth-order valence-electron chi connectivity index (χ4n) is 3.37. The SMILES string of the molecule is COc1cc(C)cc(C)c1C1(CN)CCN(C)CC1. The maximum atomic E-state index is 6.17. The number of benzene rings is 1. The Morgan fingerprint density at radius 2 is 1.89 bits per heavy atom. The molecule has 1 aromatic carbocycles. The molecular formula is C16H26N2O. The Hall–Kier alpha value is -1.06. The van der Waals surface area contributed by atoms with E-state index in [1.54, 1.807) is 7.11 Å². The molecule has 1 heterocycles. The number of piperidine rings is 1. The number of rotatable bonds is 3. The molecule has 2 N–H and O–H groups in total. The maximum Gasteiger partial charge on any atom is 0.123 e. The normalized spacial score (nSPS) is 19.4. The molecule has 1 aliphatic rings. The zero-order chi connectivity index (χ0) is 14.0. The largest absolute Gasteiger partial charge is 0.496 e. The smallest absolute Gasteiger partial charge is 0.123 e. The second-order valence-corrected chi connectivity index (χ2v) is 5.95. The van der Waals surface area contributed by atoms with Crippen LogP contribution in [-0.4, -0.2) is 38.7 Å². The molecule has 3 heteroatoms. The van der Waals surface area contributed by atoms with Crippen molar-refractivity contribution in [3.8, 4) is 5.75 Å². The molecule has 0 aliphatic carbocycles. The average molecular weight is 262 g/mol. The van der Waals surface area contributed by atoms with Crippen molar-refractivity contribution in [3.05, 3.63) is 28.8 Å². The maximum absolute atomic E-state index is 6.17. The summed E-state index contributed by atoms with van der Waals surface area (Å²) in [6.07, 6.45) is 2.22. The molecule has 0 amide bonds. The average Bonchev–Trinajstić information content (AvgIpc) is 2.40. The van der Waals surface area contributed by atoms with Gasteiger partial charge in [-0.2, -0.15) is 0 Å². The molecule has 1 aromatic rings. The number of hydrogen-bond acceptors (Lipinski definition) is 3. The van der Waals surface area contributed by atoms with E-state index in [0.29, 0.717) is 6.54 Å². The summed E-state index contributed by atoms with van der Waals surface area (Å²) in [6.45, 7) is 7.20. The van der Waals surface area contributed by atoms with Crippen molar-refractivity contribution >= 4 is 0 Å². The fourth-order valence-corrected chi connectivity index (χ4v) is 3.37. The van der Waals surface area contributed by atoms with Crippen molar-refractivity contribution in [3.63, 3.8) is 0 Å². The van der Waals surface area contributed by atoms with Gasteiger partial charge in [-0.05, 0) is 64.0 Å². The van der Waals surface area contributed by atoms with Gasteiger partial charge < -0.3 is 15.4 Å². The summed E-state index contributed by atoms with van der Waals surface area (Å²) in [5.74, 6) is 1.01. The molecule has 3 nitrogen and oxygen atoms in total. The lowest BCUT2D eigenvalue weighted by Crippen LogP contribution is -2.46. The third-order valence-corrected chi connectivity index (χ3v) is 4.53. The van der Waals surface area contributed by atoms with Crippen LogP contribution in [0.4, 0.5) is 0 Å². The Kier molecular flexibility index (Phi) is 4.16. The first kappa shape index (κ1) is 14.4. The highest BCUT2D eigenvalue weighted by atomic mass is 16.5. The second-order valence-electron chi connectivity index (χ2n) is 5.95. The first-order valence-electron chi connectivity index (χ1n) is 7.07. The molecule has 2 rings (SSSR count). The van der Waals surface area contributed by atoms with Crippen LogP contribution >= 0.6 is 0 Å². The lowest BCUT2D eigenvalue weighted by Gasteiger charge is -2.42. The Labute approximate surface area is 116 Å². The predicted molar refractivity (Wildman–Crippen MR) is 79.9 cm³/mol. The van der Waals surface area contributed by atoms with Crippen LogP contribution in [0.25, 0.3) is 0 Å². The van der Waals surface area contributed by atoms with Gasteiger partial charge in [-0.15, -0.1) is 0 Å². The molecule has 0 saturated carbocycles. The van der Waals surface area contributed by atoms with Crippen LogP contribution in [0.15, 0.2) is 12.1 Å². The summed E-state index contributed by atoms with van der Waals surface area (Å²) in [6, 6.07) is 4.38. The van der Waals surface area contributed by atoms with Gasteiger partial charge in [-0.1, -0.05) is 6.07 Å². The zero-order valence-electron chi connectivity index (χ0n) is 12.6. The van der Waals surface area contributed by atoms with Gasteiger partial charge >= 0.3 is 0 Å². The first-order chi connectivity index (χ1) is 9.02. The topological polar surface area (TPSA) is 38.5 Å². The third-order valence-electron chi connectivity index (χ3n) is 4.53.